The molecule has 2 aromatic rings. The fourth-order valence-electron chi connectivity index (χ4n) is 1.90. The highest BCUT2D eigenvalue weighted by Gasteiger charge is 2.11. The predicted molar refractivity (Wildman–Crippen MR) is 78.1 cm³/mol. The normalized spacial score (nSPS) is 10.2. The number of rotatable bonds is 4. The van der Waals surface area contributed by atoms with Gasteiger partial charge in [-0.15, -0.1) is 0 Å². The monoisotopic (exact) mass is 285 g/mol. The SMILES string of the molecule is Cc1ccc(C)c(C(=O)OCc2ccc([N+](=O)[O-])cc2)c1. The van der Waals surface area contributed by atoms with Crippen LogP contribution in [0.15, 0.2) is 42.5 Å². The number of aryl methyl sites for hydroxylation is 2. The second-order valence-electron chi connectivity index (χ2n) is 4.82. The Balaban J connectivity index is 2.04. The van der Waals surface area contributed by atoms with Crippen LogP contribution in [0.5, 0.6) is 0 Å². The molecule has 0 aliphatic heterocycles. The minimum absolute atomic E-state index is 0.0135. The molecule has 0 heterocycles. The van der Waals surface area contributed by atoms with E-state index < -0.39 is 10.9 Å². The number of hydrogen-bond acceptors (Lipinski definition) is 4. The van der Waals surface area contributed by atoms with Crippen LogP contribution >= 0.6 is 0 Å². The summed E-state index contributed by atoms with van der Waals surface area (Å²) in [6, 6.07) is 11.5. The Morgan fingerprint density at radius 2 is 1.81 bits per heavy atom. The molecule has 0 aliphatic rings. The van der Waals surface area contributed by atoms with Gasteiger partial charge in [0, 0.05) is 12.1 Å². The molecule has 0 atom stereocenters. The fraction of sp³-hybridized carbons (Fsp3) is 0.188. The summed E-state index contributed by atoms with van der Waals surface area (Å²) in [5.74, 6) is -0.394. The van der Waals surface area contributed by atoms with Crippen LogP contribution < -0.4 is 0 Å². The molecule has 108 valence electrons. The second kappa shape index (κ2) is 6.17. The number of nitro benzene ring substituents is 1. The van der Waals surface area contributed by atoms with Gasteiger partial charge in [-0.2, -0.15) is 0 Å². The number of esters is 1. The van der Waals surface area contributed by atoms with Crippen LogP contribution in [0.25, 0.3) is 0 Å². The Morgan fingerprint density at radius 3 is 2.43 bits per heavy atom. The summed E-state index contributed by atoms with van der Waals surface area (Å²) in [6.07, 6.45) is 0. The Bertz CT molecular complexity index is 677. The first-order valence-electron chi connectivity index (χ1n) is 6.45. The van der Waals surface area contributed by atoms with Gasteiger partial charge in [-0.1, -0.05) is 17.7 Å². The Labute approximate surface area is 122 Å². The van der Waals surface area contributed by atoms with E-state index in [1.54, 1.807) is 18.2 Å². The summed E-state index contributed by atoms with van der Waals surface area (Å²) in [5.41, 5.74) is 3.10. The molecule has 0 aliphatic carbocycles. The highest BCUT2D eigenvalue weighted by molar-refractivity contribution is 5.91. The molecule has 0 fully saturated rings. The zero-order valence-electron chi connectivity index (χ0n) is 11.8. The van der Waals surface area contributed by atoms with E-state index in [0.29, 0.717) is 11.1 Å². The maximum absolute atomic E-state index is 12.0. The summed E-state index contributed by atoms with van der Waals surface area (Å²) in [7, 11) is 0. The maximum Gasteiger partial charge on any atom is 0.338 e. The minimum atomic E-state index is -0.466. The molecule has 2 rings (SSSR count). The van der Waals surface area contributed by atoms with Gasteiger partial charge in [-0.25, -0.2) is 4.79 Å². The highest BCUT2D eigenvalue weighted by Crippen LogP contribution is 2.15. The summed E-state index contributed by atoms with van der Waals surface area (Å²) < 4.78 is 5.24. The molecule has 0 aromatic heterocycles. The van der Waals surface area contributed by atoms with Crippen molar-refractivity contribution >= 4 is 11.7 Å². The average Bonchev–Trinajstić information content (AvgIpc) is 2.47. The minimum Gasteiger partial charge on any atom is -0.457 e. The molecule has 0 unspecified atom stereocenters. The first kappa shape index (κ1) is 14.7. The lowest BCUT2D eigenvalue weighted by molar-refractivity contribution is -0.384. The fourth-order valence-corrected chi connectivity index (χ4v) is 1.90. The number of hydrogen-bond donors (Lipinski definition) is 0. The van der Waals surface area contributed by atoms with Gasteiger partial charge in [0.1, 0.15) is 6.61 Å². The van der Waals surface area contributed by atoms with Crippen molar-refractivity contribution in [2.24, 2.45) is 0 Å². The van der Waals surface area contributed by atoms with Crippen LogP contribution in [0.3, 0.4) is 0 Å². The van der Waals surface area contributed by atoms with Gasteiger partial charge >= 0.3 is 5.97 Å². The van der Waals surface area contributed by atoms with Crippen LogP contribution in [0, 0.1) is 24.0 Å². The van der Waals surface area contributed by atoms with Crippen molar-refractivity contribution in [3.8, 4) is 0 Å². The molecule has 0 radical (unpaired) electrons. The molecular weight excluding hydrogens is 270 g/mol. The number of carbonyl (C=O) groups is 1. The predicted octanol–water partition coefficient (Wildman–Crippen LogP) is 3.57. The van der Waals surface area contributed by atoms with Crippen molar-refractivity contribution in [1.82, 2.24) is 0 Å². The Kier molecular flexibility index (Phi) is 4.33. The standard InChI is InChI=1S/C16H15NO4/c1-11-3-4-12(2)15(9-11)16(18)21-10-13-5-7-14(8-6-13)17(19)20/h3-9H,10H2,1-2H3. The van der Waals surface area contributed by atoms with Crippen LogP contribution in [0.4, 0.5) is 5.69 Å². The first-order chi connectivity index (χ1) is 9.97. The summed E-state index contributed by atoms with van der Waals surface area (Å²) in [5, 5.41) is 10.6. The number of ether oxygens (including phenoxy) is 1. The van der Waals surface area contributed by atoms with Gasteiger partial charge in [-0.3, -0.25) is 10.1 Å². The lowest BCUT2D eigenvalue weighted by atomic mass is 10.1. The smallest absolute Gasteiger partial charge is 0.338 e. The zero-order valence-corrected chi connectivity index (χ0v) is 11.8. The zero-order chi connectivity index (χ0) is 15.4. The van der Waals surface area contributed by atoms with Gasteiger partial charge in [-0.05, 0) is 43.2 Å². The third-order valence-electron chi connectivity index (χ3n) is 3.13. The van der Waals surface area contributed by atoms with Crippen molar-refractivity contribution in [2.75, 3.05) is 0 Å². The molecule has 0 saturated carbocycles. The lowest BCUT2D eigenvalue weighted by Gasteiger charge is -2.08. The topological polar surface area (TPSA) is 69.4 Å². The van der Waals surface area contributed by atoms with Crippen molar-refractivity contribution in [2.45, 2.75) is 20.5 Å². The van der Waals surface area contributed by atoms with E-state index in [0.717, 1.165) is 11.1 Å². The maximum atomic E-state index is 12.0. The Morgan fingerprint density at radius 1 is 1.14 bits per heavy atom. The van der Waals surface area contributed by atoms with Crippen molar-refractivity contribution in [1.29, 1.82) is 0 Å². The molecule has 21 heavy (non-hydrogen) atoms. The highest BCUT2D eigenvalue weighted by atomic mass is 16.6. The number of nitro groups is 1. The lowest BCUT2D eigenvalue weighted by Crippen LogP contribution is -2.07. The molecule has 0 N–H and O–H groups in total. The van der Waals surface area contributed by atoms with Crippen molar-refractivity contribution in [3.05, 3.63) is 74.8 Å². The first-order valence-corrected chi connectivity index (χ1v) is 6.45. The third-order valence-corrected chi connectivity index (χ3v) is 3.13. The molecule has 0 amide bonds. The molecule has 0 bridgehead atoms. The van der Waals surface area contributed by atoms with Gasteiger partial charge in [0.05, 0.1) is 10.5 Å². The van der Waals surface area contributed by atoms with E-state index in [1.807, 2.05) is 26.0 Å². The quantitative estimate of drug-likeness (QED) is 0.489. The van der Waals surface area contributed by atoms with Gasteiger partial charge in [0.25, 0.3) is 5.69 Å². The van der Waals surface area contributed by atoms with Crippen molar-refractivity contribution < 1.29 is 14.5 Å². The summed E-state index contributed by atoms with van der Waals surface area (Å²) in [6.45, 7) is 3.85. The van der Waals surface area contributed by atoms with Crippen LogP contribution in [0.1, 0.15) is 27.0 Å². The van der Waals surface area contributed by atoms with E-state index in [-0.39, 0.29) is 12.3 Å². The van der Waals surface area contributed by atoms with E-state index in [4.69, 9.17) is 4.74 Å². The molecule has 5 heteroatoms. The Hall–Kier alpha value is -2.69. The molecule has 2 aromatic carbocycles. The number of benzene rings is 2. The summed E-state index contributed by atoms with van der Waals surface area (Å²) >= 11 is 0. The third kappa shape index (κ3) is 3.66. The van der Waals surface area contributed by atoms with Crippen LogP contribution in [-0.2, 0) is 11.3 Å². The van der Waals surface area contributed by atoms with E-state index >= 15 is 0 Å². The summed E-state index contributed by atoms with van der Waals surface area (Å²) in [4.78, 5) is 22.1. The number of nitrogens with zero attached hydrogens (tertiary/aromatic N) is 1. The van der Waals surface area contributed by atoms with Gasteiger partial charge in [0.2, 0.25) is 0 Å². The van der Waals surface area contributed by atoms with Crippen LogP contribution in [0.2, 0.25) is 0 Å². The van der Waals surface area contributed by atoms with E-state index in [9.17, 15) is 14.9 Å². The number of non-ortho nitro benzene ring substituents is 1. The molecular formula is C16H15NO4. The van der Waals surface area contributed by atoms with Crippen molar-refractivity contribution in [3.63, 3.8) is 0 Å². The molecule has 0 saturated heterocycles. The largest absolute Gasteiger partial charge is 0.457 e. The second-order valence-corrected chi connectivity index (χ2v) is 4.82. The molecule has 5 nitrogen and oxygen atoms in total. The average molecular weight is 285 g/mol. The van der Waals surface area contributed by atoms with E-state index in [2.05, 4.69) is 0 Å². The number of carbonyl (C=O) groups excluding carboxylic acids is 1. The van der Waals surface area contributed by atoms with Gasteiger partial charge < -0.3 is 4.74 Å². The molecule has 0 spiro atoms. The van der Waals surface area contributed by atoms with Gasteiger partial charge in [0.15, 0.2) is 0 Å². The van der Waals surface area contributed by atoms with E-state index in [1.165, 1.54) is 12.1 Å². The van der Waals surface area contributed by atoms with Crippen LogP contribution in [-0.4, -0.2) is 10.9 Å².